The maximum Gasteiger partial charge on any atom is 0.416 e. The van der Waals surface area contributed by atoms with Crippen LogP contribution in [0, 0.1) is 24.0 Å². The fourth-order valence-corrected chi connectivity index (χ4v) is 4.49. The zero-order valence-electron chi connectivity index (χ0n) is 19.2. The van der Waals surface area contributed by atoms with E-state index >= 15 is 0 Å². The van der Waals surface area contributed by atoms with E-state index in [2.05, 4.69) is 26.2 Å². The summed E-state index contributed by atoms with van der Waals surface area (Å²) in [4.78, 5) is 27.7. The highest BCUT2D eigenvalue weighted by atomic mass is 79.9. The highest BCUT2D eigenvalue weighted by Gasteiger charge is 2.33. The Morgan fingerprint density at radius 1 is 1.08 bits per heavy atom. The molecule has 1 fully saturated rings. The molecule has 12 heteroatoms. The molecule has 0 aliphatic carbocycles. The van der Waals surface area contributed by atoms with Crippen molar-refractivity contribution in [1.82, 2.24) is 5.32 Å². The molecule has 1 saturated heterocycles. The predicted octanol–water partition coefficient (Wildman–Crippen LogP) is 7.68. The second-order valence-electron chi connectivity index (χ2n) is 7.98. The van der Waals surface area contributed by atoms with E-state index < -0.39 is 22.4 Å². The van der Waals surface area contributed by atoms with E-state index in [0.29, 0.717) is 33.5 Å². The summed E-state index contributed by atoms with van der Waals surface area (Å²) in [6.45, 7) is 3.91. The lowest BCUT2D eigenvalue weighted by Crippen LogP contribution is -2.19. The molecule has 1 aliphatic heterocycles. The number of aryl methyl sites for hydroxylation is 2. The molecule has 0 radical (unpaired) electrons. The summed E-state index contributed by atoms with van der Waals surface area (Å²) in [5.41, 5.74) is 1.45. The van der Waals surface area contributed by atoms with Crippen LogP contribution in [0.2, 0.25) is 0 Å². The number of halogens is 4. The lowest BCUT2D eigenvalue weighted by molar-refractivity contribution is -0.385. The second-order valence-corrected chi connectivity index (χ2v) is 9.81. The first kappa shape index (κ1) is 26.4. The largest absolute Gasteiger partial charge is 0.450 e. The number of carbonyl (C=O) groups is 1. The SMILES string of the molecule is Cc1cc(N=C2NC(=O)/C(=C/c3ccc(Oc4ccc(C(F)(F)F)cc4[N+](=O)[O-])cc3)S2)cc(C)c1Br. The van der Waals surface area contributed by atoms with Gasteiger partial charge in [0.1, 0.15) is 5.75 Å². The molecule has 4 rings (SSSR count). The van der Waals surface area contributed by atoms with Gasteiger partial charge in [-0.1, -0.05) is 28.1 Å². The first-order valence-electron chi connectivity index (χ1n) is 10.6. The molecule has 7 nitrogen and oxygen atoms in total. The Bertz CT molecular complexity index is 1450. The summed E-state index contributed by atoms with van der Waals surface area (Å²) in [6.07, 6.45) is -3.07. The van der Waals surface area contributed by atoms with Gasteiger partial charge in [0.05, 0.1) is 21.1 Å². The number of carbonyl (C=O) groups excluding carboxylic acids is 1. The summed E-state index contributed by atoms with van der Waals surface area (Å²) in [6, 6.07) is 12.1. The molecule has 0 atom stereocenters. The maximum absolute atomic E-state index is 12.9. The number of ether oxygens (including phenoxy) is 1. The van der Waals surface area contributed by atoms with Gasteiger partial charge in [-0.15, -0.1) is 0 Å². The van der Waals surface area contributed by atoms with Crippen LogP contribution in [-0.2, 0) is 11.0 Å². The van der Waals surface area contributed by atoms with Crippen LogP contribution < -0.4 is 10.1 Å². The number of nitrogens with zero attached hydrogens (tertiary/aromatic N) is 2. The van der Waals surface area contributed by atoms with Gasteiger partial charge in [-0.2, -0.15) is 13.2 Å². The van der Waals surface area contributed by atoms with E-state index in [-0.39, 0.29) is 17.4 Å². The highest BCUT2D eigenvalue weighted by Crippen LogP contribution is 2.38. The number of thioether (sulfide) groups is 1. The maximum atomic E-state index is 12.9. The predicted molar refractivity (Wildman–Crippen MR) is 139 cm³/mol. The van der Waals surface area contributed by atoms with Gasteiger partial charge >= 0.3 is 11.9 Å². The van der Waals surface area contributed by atoms with Gasteiger partial charge in [-0.25, -0.2) is 4.99 Å². The van der Waals surface area contributed by atoms with Crippen LogP contribution in [0.1, 0.15) is 22.3 Å². The quantitative estimate of drug-likeness (QED) is 0.186. The fourth-order valence-electron chi connectivity index (χ4n) is 3.42. The van der Waals surface area contributed by atoms with E-state index in [1.165, 1.54) is 23.9 Å². The molecule has 0 saturated carbocycles. The van der Waals surface area contributed by atoms with Crippen LogP contribution in [-0.4, -0.2) is 16.0 Å². The number of nitro groups is 1. The Morgan fingerprint density at radius 2 is 1.73 bits per heavy atom. The van der Waals surface area contributed by atoms with Crippen LogP contribution >= 0.6 is 27.7 Å². The zero-order valence-corrected chi connectivity index (χ0v) is 21.6. The van der Waals surface area contributed by atoms with E-state index in [9.17, 15) is 28.1 Å². The molecule has 0 aromatic heterocycles. The number of hydrogen-bond acceptors (Lipinski definition) is 6. The number of amides is 1. The molecular weight excluding hydrogens is 575 g/mol. The third-order valence-electron chi connectivity index (χ3n) is 5.19. The van der Waals surface area contributed by atoms with E-state index in [1.807, 2.05) is 26.0 Å². The van der Waals surface area contributed by atoms with Gasteiger partial charge in [-0.05, 0) is 84.8 Å². The molecule has 1 aliphatic rings. The third kappa shape index (κ3) is 6.20. The monoisotopic (exact) mass is 591 g/mol. The summed E-state index contributed by atoms with van der Waals surface area (Å²) in [5.74, 6) is -0.458. The summed E-state index contributed by atoms with van der Waals surface area (Å²) in [7, 11) is 0. The van der Waals surface area contributed by atoms with Crippen molar-refractivity contribution in [2.45, 2.75) is 20.0 Å². The minimum absolute atomic E-state index is 0.178. The Morgan fingerprint density at radius 3 is 2.32 bits per heavy atom. The number of rotatable bonds is 5. The van der Waals surface area contributed by atoms with Crippen LogP contribution in [0.4, 0.5) is 24.5 Å². The summed E-state index contributed by atoms with van der Waals surface area (Å²) >= 11 is 4.69. The molecule has 1 heterocycles. The molecule has 1 N–H and O–H groups in total. The van der Waals surface area contributed by atoms with E-state index in [4.69, 9.17) is 4.74 Å². The lowest BCUT2D eigenvalue weighted by atomic mass is 10.1. The third-order valence-corrected chi connectivity index (χ3v) is 7.35. The smallest absolute Gasteiger partial charge is 0.416 e. The van der Waals surface area contributed by atoms with Gasteiger partial charge in [0, 0.05) is 10.5 Å². The van der Waals surface area contributed by atoms with Crippen molar-refractivity contribution < 1.29 is 27.6 Å². The highest BCUT2D eigenvalue weighted by molar-refractivity contribution is 9.10. The molecule has 3 aromatic carbocycles. The number of alkyl halides is 3. The van der Waals surface area contributed by atoms with Gasteiger partial charge in [-0.3, -0.25) is 14.9 Å². The number of hydrogen-bond donors (Lipinski definition) is 1. The van der Waals surface area contributed by atoms with Crippen LogP contribution in [0.15, 0.2) is 69.0 Å². The average Bonchev–Trinajstić information content (AvgIpc) is 3.16. The average molecular weight is 592 g/mol. The van der Waals surface area contributed by atoms with Crippen molar-refractivity contribution in [1.29, 1.82) is 0 Å². The molecule has 0 unspecified atom stereocenters. The summed E-state index contributed by atoms with van der Waals surface area (Å²) < 4.78 is 45.2. The first-order valence-corrected chi connectivity index (χ1v) is 12.2. The molecule has 0 spiro atoms. The van der Waals surface area contributed by atoms with E-state index in [0.717, 1.165) is 21.7 Å². The van der Waals surface area contributed by atoms with Crippen molar-refractivity contribution in [2.75, 3.05) is 0 Å². The van der Waals surface area contributed by atoms with Gasteiger partial charge < -0.3 is 10.1 Å². The Kier molecular flexibility index (Phi) is 7.42. The number of amidine groups is 1. The van der Waals surface area contributed by atoms with Crippen molar-refractivity contribution in [3.8, 4) is 11.5 Å². The van der Waals surface area contributed by atoms with E-state index in [1.54, 1.807) is 18.2 Å². The Hall–Kier alpha value is -3.64. The molecule has 0 bridgehead atoms. The summed E-state index contributed by atoms with van der Waals surface area (Å²) in [5, 5.41) is 14.4. The van der Waals surface area contributed by atoms with Crippen LogP contribution in [0.5, 0.6) is 11.5 Å². The fraction of sp³-hybridized carbons (Fsp3) is 0.120. The number of benzene rings is 3. The molecule has 190 valence electrons. The van der Waals surface area contributed by atoms with Gasteiger partial charge in [0.25, 0.3) is 5.91 Å². The Balaban J connectivity index is 1.50. The molecular formula is C25H17BrF3N3O4S. The van der Waals surface area contributed by atoms with Gasteiger partial charge in [0.15, 0.2) is 5.17 Å². The normalized spacial score (nSPS) is 15.8. The van der Waals surface area contributed by atoms with Crippen molar-refractivity contribution >= 4 is 56.2 Å². The first-order chi connectivity index (χ1) is 17.4. The van der Waals surface area contributed by atoms with Crippen molar-refractivity contribution in [3.63, 3.8) is 0 Å². The Labute approximate surface area is 221 Å². The van der Waals surface area contributed by atoms with Crippen molar-refractivity contribution in [2.24, 2.45) is 4.99 Å². The zero-order chi connectivity index (χ0) is 26.9. The van der Waals surface area contributed by atoms with Crippen LogP contribution in [0.3, 0.4) is 0 Å². The number of aliphatic imine (C=N–C) groups is 1. The van der Waals surface area contributed by atoms with Crippen LogP contribution in [0.25, 0.3) is 6.08 Å². The van der Waals surface area contributed by atoms with Gasteiger partial charge in [0.2, 0.25) is 5.75 Å². The van der Waals surface area contributed by atoms with Crippen molar-refractivity contribution in [3.05, 3.63) is 96.3 Å². The number of nitro benzene ring substituents is 1. The topological polar surface area (TPSA) is 93.8 Å². The standard InChI is InChI=1S/C25H17BrF3N3O4S/c1-13-9-17(10-14(2)22(13)26)30-24-31-23(33)21(37-24)11-15-3-6-18(7-4-15)36-20-8-5-16(25(27,28)29)12-19(20)32(34)35/h3-12H,1-2H3,(H,30,31,33)/b21-11-. The molecule has 37 heavy (non-hydrogen) atoms. The minimum Gasteiger partial charge on any atom is -0.450 e. The second kappa shape index (κ2) is 10.4. The molecule has 1 amide bonds. The lowest BCUT2D eigenvalue weighted by Gasteiger charge is -2.10. The minimum atomic E-state index is -4.72. The molecule has 3 aromatic rings. The number of nitrogens with one attached hydrogen (secondary N) is 1.